The van der Waals surface area contributed by atoms with Crippen molar-refractivity contribution >= 4 is 49.1 Å². The number of nitrogens with two attached hydrogens (primary N) is 1. The van der Waals surface area contributed by atoms with Gasteiger partial charge in [0, 0.05) is 54.5 Å². The third-order valence-electron chi connectivity index (χ3n) is 10.2. The van der Waals surface area contributed by atoms with Crippen LogP contribution in [0.25, 0.3) is 32.1 Å². The molecule has 252 valence electrons. The summed E-state index contributed by atoms with van der Waals surface area (Å²) < 4.78 is 52.9. The molecule has 0 aliphatic carbocycles. The Bertz CT molecular complexity index is 2130. The molecule has 4 aromatic rings. The van der Waals surface area contributed by atoms with Crippen molar-refractivity contribution in [2.45, 2.75) is 56.9 Å². The van der Waals surface area contributed by atoms with E-state index < -0.39 is 23.3 Å². The van der Waals surface area contributed by atoms with Crippen molar-refractivity contribution in [2.24, 2.45) is 0 Å². The molecule has 7 rings (SSSR count). The quantitative estimate of drug-likeness (QED) is 0.254. The van der Waals surface area contributed by atoms with Crippen molar-refractivity contribution in [1.82, 2.24) is 19.8 Å². The number of rotatable bonds is 6. The molecule has 0 saturated carbocycles. The van der Waals surface area contributed by atoms with E-state index >= 15 is 4.39 Å². The number of anilines is 2. The van der Waals surface area contributed by atoms with Crippen LogP contribution in [0.15, 0.2) is 30.9 Å². The van der Waals surface area contributed by atoms with Crippen LogP contribution in [0.4, 0.5) is 24.0 Å². The van der Waals surface area contributed by atoms with Crippen LogP contribution in [0.1, 0.15) is 44.2 Å². The third kappa shape index (κ3) is 5.21. The molecule has 3 aliphatic heterocycles. The van der Waals surface area contributed by atoms with E-state index in [0.29, 0.717) is 31.9 Å². The molecule has 0 spiro atoms. The Kier molecular flexibility index (Phi) is 8.12. The van der Waals surface area contributed by atoms with Gasteiger partial charge in [-0.2, -0.15) is 20.5 Å². The molecule has 10 nitrogen and oxygen atoms in total. The zero-order chi connectivity index (χ0) is 34.8. The van der Waals surface area contributed by atoms with Gasteiger partial charge in [-0.1, -0.05) is 12.6 Å². The Morgan fingerprint density at radius 3 is 2.73 bits per heavy atom. The SMILES string of the molecule is C=CC(=O)N1CC(C)N(c2nc(OCC34CCCN3CC(F)C4)nc3c(F)c(-c4ccc(F)c5sc(N)c(C#N)c45)c(C#N)cc23)CC1C. The van der Waals surface area contributed by atoms with Gasteiger partial charge in [0.25, 0.3) is 0 Å². The summed E-state index contributed by atoms with van der Waals surface area (Å²) in [7, 11) is 0. The molecule has 5 heterocycles. The lowest BCUT2D eigenvalue weighted by Gasteiger charge is -2.44. The fraction of sp³-hybridized carbons (Fsp3) is 0.400. The molecular weight excluding hydrogens is 653 g/mol. The van der Waals surface area contributed by atoms with E-state index in [0.717, 1.165) is 36.8 Å². The van der Waals surface area contributed by atoms with Gasteiger partial charge in [0.1, 0.15) is 41.0 Å². The first-order valence-electron chi connectivity index (χ1n) is 16.1. The number of benzene rings is 2. The zero-order valence-corrected chi connectivity index (χ0v) is 27.8. The van der Waals surface area contributed by atoms with Crippen LogP contribution in [-0.4, -0.2) is 82.3 Å². The first-order valence-corrected chi connectivity index (χ1v) is 16.9. The molecule has 1 amide bonds. The number of aromatic nitrogens is 2. The van der Waals surface area contributed by atoms with E-state index in [1.807, 2.05) is 24.8 Å². The standard InChI is InChI=1S/C35H33F3N8O2S/c1-4-26(47)45-14-19(3)46(15-18(45)2)33-23-10-20(12-39)27(22-6-7-25(37)31-28(22)24(13-40)32(41)49-31)29(38)30(23)42-34(43-33)48-17-35-8-5-9-44(35)16-21(36)11-35/h4,6-7,10,18-19,21H,1,5,8-9,11,14-17,41H2,2-3H3. The van der Waals surface area contributed by atoms with Crippen molar-refractivity contribution in [3.05, 3.63) is 53.6 Å². The second-order valence-electron chi connectivity index (χ2n) is 13.1. The van der Waals surface area contributed by atoms with E-state index in [2.05, 4.69) is 22.5 Å². The van der Waals surface area contributed by atoms with E-state index in [9.17, 15) is 24.1 Å². The Labute approximate surface area is 284 Å². The largest absolute Gasteiger partial charge is 0.461 e. The summed E-state index contributed by atoms with van der Waals surface area (Å²) in [5, 5.41) is 20.7. The van der Waals surface area contributed by atoms with Crippen LogP contribution >= 0.6 is 11.3 Å². The van der Waals surface area contributed by atoms with Gasteiger partial charge in [0.05, 0.1) is 27.4 Å². The van der Waals surface area contributed by atoms with Gasteiger partial charge in [0.2, 0.25) is 5.91 Å². The highest BCUT2D eigenvalue weighted by atomic mass is 32.1. The fourth-order valence-corrected chi connectivity index (χ4v) is 8.78. The van der Waals surface area contributed by atoms with E-state index in [1.165, 1.54) is 18.2 Å². The van der Waals surface area contributed by atoms with Crippen LogP contribution in [0, 0.1) is 34.3 Å². The Morgan fingerprint density at radius 1 is 1.20 bits per heavy atom. The second-order valence-corrected chi connectivity index (χ2v) is 14.2. The molecule has 14 heteroatoms. The van der Waals surface area contributed by atoms with Crippen LogP contribution in [-0.2, 0) is 4.79 Å². The van der Waals surface area contributed by atoms with Crippen LogP contribution < -0.4 is 15.4 Å². The molecule has 0 bridgehead atoms. The van der Waals surface area contributed by atoms with Gasteiger partial charge < -0.3 is 20.3 Å². The summed E-state index contributed by atoms with van der Waals surface area (Å²) in [4.78, 5) is 27.6. The summed E-state index contributed by atoms with van der Waals surface area (Å²) in [6, 6.07) is 7.39. The topological polar surface area (TPSA) is 135 Å². The van der Waals surface area contributed by atoms with Crippen molar-refractivity contribution in [3.8, 4) is 29.3 Å². The number of piperazine rings is 1. The molecule has 3 fully saturated rings. The Morgan fingerprint density at radius 2 is 2.00 bits per heavy atom. The lowest BCUT2D eigenvalue weighted by Crippen LogP contribution is -2.58. The normalized spacial score (nSPS) is 23.9. The number of ether oxygens (including phenoxy) is 1. The smallest absolute Gasteiger partial charge is 0.319 e. The number of hydrogen-bond donors (Lipinski definition) is 1. The van der Waals surface area contributed by atoms with Crippen molar-refractivity contribution < 1.29 is 22.7 Å². The molecule has 3 saturated heterocycles. The van der Waals surface area contributed by atoms with Crippen LogP contribution in [0.3, 0.4) is 0 Å². The molecule has 49 heavy (non-hydrogen) atoms. The van der Waals surface area contributed by atoms with Gasteiger partial charge in [0.15, 0.2) is 5.82 Å². The van der Waals surface area contributed by atoms with Crippen LogP contribution in [0.2, 0.25) is 0 Å². The third-order valence-corrected chi connectivity index (χ3v) is 11.2. The number of hydrogen-bond acceptors (Lipinski definition) is 10. The Balaban J connectivity index is 1.42. The van der Waals surface area contributed by atoms with Crippen molar-refractivity contribution in [3.63, 3.8) is 0 Å². The summed E-state index contributed by atoms with van der Waals surface area (Å²) >= 11 is 0.873. The summed E-state index contributed by atoms with van der Waals surface area (Å²) in [5.74, 6) is -1.41. The fourth-order valence-electron chi connectivity index (χ4n) is 7.83. The number of carbonyl (C=O) groups excluding carboxylic acids is 1. The van der Waals surface area contributed by atoms with E-state index in [1.54, 1.807) is 4.90 Å². The molecule has 4 atom stereocenters. The highest BCUT2D eigenvalue weighted by Crippen LogP contribution is 2.45. The second kappa shape index (κ2) is 12.2. The number of carbonyl (C=O) groups is 1. The maximum absolute atomic E-state index is 17.2. The number of halogens is 3. The first kappa shape index (κ1) is 32.6. The van der Waals surface area contributed by atoms with Gasteiger partial charge in [-0.3, -0.25) is 9.69 Å². The highest BCUT2D eigenvalue weighted by molar-refractivity contribution is 7.23. The molecular formula is C35H33F3N8O2S. The molecule has 2 N–H and O–H groups in total. The minimum atomic E-state index is -0.977. The van der Waals surface area contributed by atoms with Crippen molar-refractivity contribution in [2.75, 3.05) is 43.4 Å². The first-order chi connectivity index (χ1) is 23.5. The maximum atomic E-state index is 17.2. The van der Waals surface area contributed by atoms with Crippen molar-refractivity contribution in [1.29, 1.82) is 10.5 Å². The molecule has 4 unspecified atom stereocenters. The summed E-state index contributed by atoms with van der Waals surface area (Å²) in [5.41, 5.74) is 5.27. The predicted molar refractivity (Wildman–Crippen MR) is 181 cm³/mol. The number of nitriles is 2. The molecule has 2 aromatic heterocycles. The lowest BCUT2D eigenvalue weighted by atomic mass is 9.93. The number of nitrogens with zero attached hydrogens (tertiary/aromatic N) is 7. The van der Waals surface area contributed by atoms with E-state index in [-0.39, 0.29) is 78.9 Å². The van der Waals surface area contributed by atoms with E-state index in [4.69, 9.17) is 15.5 Å². The van der Waals surface area contributed by atoms with Gasteiger partial charge in [-0.15, -0.1) is 11.3 Å². The van der Waals surface area contributed by atoms with Gasteiger partial charge in [-0.25, -0.2) is 13.2 Å². The summed E-state index contributed by atoms with van der Waals surface area (Å²) in [6.07, 6.45) is 2.26. The van der Waals surface area contributed by atoms with Gasteiger partial charge in [-0.05, 0) is 57.0 Å². The number of nitrogen functional groups attached to an aromatic ring is 1. The maximum Gasteiger partial charge on any atom is 0.319 e. The monoisotopic (exact) mass is 686 g/mol. The average Bonchev–Trinajstić information content (AvgIpc) is 3.73. The highest BCUT2D eigenvalue weighted by Gasteiger charge is 2.49. The molecule has 3 aliphatic rings. The number of amides is 1. The number of thiophene rings is 1. The Hall–Kier alpha value is -4.92. The van der Waals surface area contributed by atoms with Crippen LogP contribution in [0.5, 0.6) is 6.01 Å². The minimum absolute atomic E-state index is 0.0110. The van der Waals surface area contributed by atoms with Gasteiger partial charge >= 0.3 is 6.01 Å². The zero-order valence-electron chi connectivity index (χ0n) is 27.0. The predicted octanol–water partition coefficient (Wildman–Crippen LogP) is 5.68. The average molecular weight is 687 g/mol. The minimum Gasteiger partial charge on any atom is -0.461 e. The number of alkyl halides is 1. The molecule has 0 radical (unpaired) electrons. The number of fused-ring (bicyclic) bond motifs is 3. The lowest BCUT2D eigenvalue weighted by molar-refractivity contribution is -0.128. The summed E-state index contributed by atoms with van der Waals surface area (Å²) in [6.45, 7) is 9.28. The molecule has 2 aromatic carbocycles.